The molecule has 74 valence electrons. The van der Waals surface area contributed by atoms with Gasteiger partial charge in [0.25, 0.3) is 0 Å². The molecule has 0 fully saturated rings. The van der Waals surface area contributed by atoms with E-state index in [2.05, 4.69) is 15.3 Å². The van der Waals surface area contributed by atoms with Crippen LogP contribution in [0.5, 0.6) is 0 Å². The molecule has 5 heteroatoms. The van der Waals surface area contributed by atoms with E-state index >= 15 is 0 Å². The largest absolute Gasteiger partial charge is 0.472 e. The Morgan fingerprint density at radius 2 is 2.40 bits per heavy atom. The van der Waals surface area contributed by atoms with Crippen molar-refractivity contribution in [1.82, 2.24) is 9.97 Å². The van der Waals surface area contributed by atoms with Gasteiger partial charge in [-0.15, -0.1) is 0 Å². The quantitative estimate of drug-likeness (QED) is 0.763. The normalized spacial score (nSPS) is 9.53. The Hall–Kier alpha value is -2.35. The van der Waals surface area contributed by atoms with Gasteiger partial charge in [-0.1, -0.05) is 0 Å². The summed E-state index contributed by atoms with van der Waals surface area (Å²) in [5, 5.41) is 11.3. The predicted molar refractivity (Wildman–Crippen MR) is 53.8 cm³/mol. The fourth-order valence-electron chi connectivity index (χ4n) is 1.15. The Labute approximate surface area is 86.4 Å². The zero-order chi connectivity index (χ0) is 10.5. The van der Waals surface area contributed by atoms with Crippen LogP contribution in [0, 0.1) is 11.3 Å². The first kappa shape index (κ1) is 9.21. The third-order valence-corrected chi connectivity index (χ3v) is 1.83. The summed E-state index contributed by atoms with van der Waals surface area (Å²) in [4.78, 5) is 8.08. The minimum Gasteiger partial charge on any atom is -0.472 e. The smallest absolute Gasteiger partial charge is 0.130 e. The third kappa shape index (κ3) is 2.11. The van der Waals surface area contributed by atoms with Gasteiger partial charge >= 0.3 is 0 Å². The molecular formula is C10H8N4O. The molecule has 2 aromatic heterocycles. The first-order chi connectivity index (χ1) is 7.40. The van der Waals surface area contributed by atoms with Crippen LogP contribution in [0.25, 0.3) is 11.3 Å². The van der Waals surface area contributed by atoms with Crippen molar-refractivity contribution in [3.63, 3.8) is 0 Å². The molecule has 0 atom stereocenters. The Morgan fingerprint density at radius 1 is 1.47 bits per heavy atom. The van der Waals surface area contributed by atoms with Crippen LogP contribution in [0.3, 0.4) is 0 Å². The predicted octanol–water partition coefficient (Wildman–Crippen LogP) is 1.67. The van der Waals surface area contributed by atoms with E-state index in [-0.39, 0.29) is 6.54 Å². The highest BCUT2D eigenvalue weighted by atomic mass is 16.3. The second-order valence-electron chi connectivity index (χ2n) is 2.81. The van der Waals surface area contributed by atoms with Crippen molar-refractivity contribution in [3.8, 4) is 17.3 Å². The van der Waals surface area contributed by atoms with Gasteiger partial charge in [-0.05, 0) is 6.07 Å². The molecule has 2 aromatic rings. The summed E-state index contributed by atoms with van der Waals surface area (Å²) in [6.07, 6.45) is 4.64. The van der Waals surface area contributed by atoms with E-state index in [1.807, 2.05) is 12.1 Å². The maximum atomic E-state index is 8.41. The van der Waals surface area contributed by atoms with E-state index in [1.165, 1.54) is 6.33 Å². The summed E-state index contributed by atoms with van der Waals surface area (Å²) >= 11 is 0. The summed E-state index contributed by atoms with van der Waals surface area (Å²) in [6.45, 7) is 0.224. The minimum absolute atomic E-state index is 0.224. The average molecular weight is 200 g/mol. The number of hydrogen-bond donors (Lipinski definition) is 1. The van der Waals surface area contributed by atoms with Crippen molar-refractivity contribution in [3.05, 3.63) is 31.0 Å². The number of aromatic nitrogens is 2. The second kappa shape index (κ2) is 4.24. The van der Waals surface area contributed by atoms with E-state index in [4.69, 9.17) is 9.68 Å². The van der Waals surface area contributed by atoms with E-state index in [0.717, 1.165) is 11.3 Å². The Bertz CT molecular complexity index is 472. The highest BCUT2D eigenvalue weighted by Gasteiger charge is 2.02. The van der Waals surface area contributed by atoms with Crippen molar-refractivity contribution in [2.75, 3.05) is 11.9 Å². The van der Waals surface area contributed by atoms with Crippen LogP contribution >= 0.6 is 0 Å². The minimum atomic E-state index is 0.224. The molecule has 0 spiro atoms. The van der Waals surface area contributed by atoms with Gasteiger partial charge in [0.2, 0.25) is 0 Å². The molecule has 0 aliphatic carbocycles. The van der Waals surface area contributed by atoms with Gasteiger partial charge in [-0.3, -0.25) is 0 Å². The van der Waals surface area contributed by atoms with Gasteiger partial charge < -0.3 is 9.73 Å². The molecule has 0 unspecified atom stereocenters. The van der Waals surface area contributed by atoms with Crippen LogP contribution in [0.2, 0.25) is 0 Å². The van der Waals surface area contributed by atoms with Gasteiger partial charge in [0.1, 0.15) is 18.7 Å². The van der Waals surface area contributed by atoms with Crippen molar-refractivity contribution in [2.45, 2.75) is 0 Å². The molecule has 0 radical (unpaired) electrons. The van der Waals surface area contributed by atoms with Crippen LogP contribution < -0.4 is 5.32 Å². The molecule has 0 amide bonds. The van der Waals surface area contributed by atoms with E-state index in [1.54, 1.807) is 18.6 Å². The summed E-state index contributed by atoms with van der Waals surface area (Å²) in [5.74, 6) is 0.628. The molecule has 0 saturated heterocycles. The number of anilines is 1. The zero-order valence-corrected chi connectivity index (χ0v) is 7.84. The summed E-state index contributed by atoms with van der Waals surface area (Å²) in [5.41, 5.74) is 1.65. The molecule has 2 heterocycles. The molecule has 0 aromatic carbocycles. The molecular weight excluding hydrogens is 192 g/mol. The van der Waals surface area contributed by atoms with Crippen LogP contribution in [-0.4, -0.2) is 16.5 Å². The molecule has 15 heavy (non-hydrogen) atoms. The molecule has 2 rings (SSSR count). The van der Waals surface area contributed by atoms with Crippen LogP contribution in [-0.2, 0) is 0 Å². The van der Waals surface area contributed by atoms with E-state index in [9.17, 15) is 0 Å². The van der Waals surface area contributed by atoms with Crippen LogP contribution in [0.4, 0.5) is 5.82 Å². The third-order valence-electron chi connectivity index (χ3n) is 1.83. The number of nitrogens with one attached hydrogen (secondary N) is 1. The zero-order valence-electron chi connectivity index (χ0n) is 7.84. The lowest BCUT2D eigenvalue weighted by molar-refractivity contribution is 0.568. The second-order valence-corrected chi connectivity index (χ2v) is 2.81. The Morgan fingerprint density at radius 3 is 3.13 bits per heavy atom. The average Bonchev–Trinajstić information content (AvgIpc) is 2.80. The molecule has 5 nitrogen and oxygen atoms in total. The lowest BCUT2D eigenvalue weighted by atomic mass is 10.2. The molecule has 0 saturated carbocycles. The Kier molecular flexibility index (Phi) is 2.61. The fraction of sp³-hybridized carbons (Fsp3) is 0.100. The summed E-state index contributed by atoms with van der Waals surface area (Å²) in [7, 11) is 0. The maximum absolute atomic E-state index is 8.41. The van der Waals surface area contributed by atoms with Crippen molar-refractivity contribution in [1.29, 1.82) is 5.26 Å². The van der Waals surface area contributed by atoms with Gasteiger partial charge in [0, 0.05) is 11.6 Å². The van der Waals surface area contributed by atoms with Crippen molar-refractivity contribution in [2.24, 2.45) is 0 Å². The first-order valence-electron chi connectivity index (χ1n) is 4.35. The van der Waals surface area contributed by atoms with Gasteiger partial charge in [0.05, 0.1) is 24.3 Å². The van der Waals surface area contributed by atoms with E-state index < -0.39 is 0 Å². The topological polar surface area (TPSA) is 74.7 Å². The van der Waals surface area contributed by atoms with Crippen LogP contribution in [0.1, 0.15) is 0 Å². The first-order valence-corrected chi connectivity index (χ1v) is 4.35. The SMILES string of the molecule is N#CCNc1cc(-c2ccoc2)ncn1. The summed E-state index contributed by atoms with van der Waals surface area (Å²) < 4.78 is 4.96. The van der Waals surface area contributed by atoms with Gasteiger partial charge in [0.15, 0.2) is 0 Å². The molecule has 0 bridgehead atoms. The summed E-state index contributed by atoms with van der Waals surface area (Å²) in [6, 6.07) is 5.56. The number of furan rings is 1. The highest BCUT2D eigenvalue weighted by Crippen LogP contribution is 2.18. The van der Waals surface area contributed by atoms with E-state index in [0.29, 0.717) is 5.82 Å². The lowest BCUT2D eigenvalue weighted by Crippen LogP contribution is -2.01. The monoisotopic (exact) mass is 200 g/mol. The standard InChI is InChI=1S/C10H8N4O/c11-2-3-12-10-5-9(13-7-14-10)8-1-4-15-6-8/h1,4-7H,3H2,(H,12,13,14). The maximum Gasteiger partial charge on any atom is 0.130 e. The fourth-order valence-corrected chi connectivity index (χ4v) is 1.15. The van der Waals surface area contributed by atoms with Gasteiger partial charge in [-0.2, -0.15) is 5.26 Å². The number of hydrogen-bond acceptors (Lipinski definition) is 5. The molecule has 0 aliphatic heterocycles. The number of nitriles is 1. The van der Waals surface area contributed by atoms with Gasteiger partial charge in [-0.25, -0.2) is 9.97 Å². The van der Waals surface area contributed by atoms with Crippen molar-refractivity contribution < 1.29 is 4.42 Å². The van der Waals surface area contributed by atoms with Crippen LogP contribution in [0.15, 0.2) is 35.4 Å². The Balaban J connectivity index is 2.24. The highest BCUT2D eigenvalue weighted by molar-refractivity contribution is 5.60. The molecule has 1 N–H and O–H groups in total. The molecule has 0 aliphatic rings. The number of rotatable bonds is 3. The number of nitrogens with zero attached hydrogens (tertiary/aromatic N) is 3. The van der Waals surface area contributed by atoms with Crippen molar-refractivity contribution >= 4 is 5.82 Å². The lowest BCUT2D eigenvalue weighted by Gasteiger charge is -2.01.